The zero-order valence-corrected chi connectivity index (χ0v) is 4.71. The minimum atomic E-state index is -0.204. The molecule has 2 heteroatoms. The molecule has 1 aliphatic carbocycles. The molecule has 0 radical (unpaired) electrons. The van der Waals surface area contributed by atoms with Crippen molar-refractivity contribution in [3.63, 3.8) is 0 Å². The van der Waals surface area contributed by atoms with E-state index in [0.29, 0.717) is 6.42 Å². The molecular formula is C6H10O2. The molecule has 0 aromatic rings. The first kappa shape index (κ1) is 5.76. The lowest BCUT2D eigenvalue weighted by Gasteiger charge is -1.95. The van der Waals surface area contributed by atoms with Crippen LogP contribution in [0.1, 0.15) is 19.3 Å². The Labute approximate surface area is 48.5 Å². The smallest absolute Gasteiger partial charge is 0.123 e. The molecule has 2 atom stereocenters. The number of rotatable bonds is 1. The third-order valence-corrected chi connectivity index (χ3v) is 1.64. The zero-order chi connectivity index (χ0) is 5.98. The van der Waals surface area contributed by atoms with Gasteiger partial charge in [0.15, 0.2) is 0 Å². The second-order valence-corrected chi connectivity index (χ2v) is 2.36. The molecule has 0 heterocycles. The zero-order valence-electron chi connectivity index (χ0n) is 4.71. The highest BCUT2D eigenvalue weighted by Crippen LogP contribution is 2.22. The van der Waals surface area contributed by atoms with Crippen LogP contribution in [0.15, 0.2) is 0 Å². The topological polar surface area (TPSA) is 37.3 Å². The van der Waals surface area contributed by atoms with E-state index in [1.807, 2.05) is 0 Å². The molecule has 1 rings (SSSR count). The van der Waals surface area contributed by atoms with E-state index in [9.17, 15) is 4.79 Å². The number of aliphatic hydroxyl groups is 1. The summed E-state index contributed by atoms with van der Waals surface area (Å²) >= 11 is 0. The summed E-state index contributed by atoms with van der Waals surface area (Å²) in [5, 5.41) is 8.87. The standard InChI is InChI=1S/C6H10O2/c7-4-5-1-2-6(8)3-5/h4-6,8H,1-3H2/t5-,6-/m1/s1. The average Bonchev–Trinajstić information content (AvgIpc) is 2.14. The molecular weight excluding hydrogens is 104 g/mol. The Hall–Kier alpha value is -0.370. The van der Waals surface area contributed by atoms with Gasteiger partial charge >= 0.3 is 0 Å². The molecule has 8 heavy (non-hydrogen) atoms. The molecule has 0 bridgehead atoms. The van der Waals surface area contributed by atoms with Crippen LogP contribution in [0.25, 0.3) is 0 Å². The molecule has 0 aromatic carbocycles. The molecule has 0 aromatic heterocycles. The number of hydrogen-bond acceptors (Lipinski definition) is 2. The van der Waals surface area contributed by atoms with Gasteiger partial charge in [0.1, 0.15) is 6.29 Å². The van der Waals surface area contributed by atoms with Gasteiger partial charge in [0, 0.05) is 5.92 Å². The van der Waals surface area contributed by atoms with Gasteiger partial charge in [0.2, 0.25) is 0 Å². The van der Waals surface area contributed by atoms with Crippen molar-refractivity contribution >= 4 is 6.29 Å². The summed E-state index contributed by atoms with van der Waals surface area (Å²) in [5.74, 6) is 0.144. The fourth-order valence-electron chi connectivity index (χ4n) is 1.12. The fraction of sp³-hybridized carbons (Fsp3) is 0.833. The van der Waals surface area contributed by atoms with Crippen molar-refractivity contribution in [2.24, 2.45) is 5.92 Å². The maximum atomic E-state index is 10.0. The van der Waals surface area contributed by atoms with Crippen molar-refractivity contribution in [2.75, 3.05) is 0 Å². The maximum absolute atomic E-state index is 10.0. The second-order valence-electron chi connectivity index (χ2n) is 2.36. The highest BCUT2D eigenvalue weighted by Gasteiger charge is 2.21. The van der Waals surface area contributed by atoms with Crippen LogP contribution in [0, 0.1) is 5.92 Å². The monoisotopic (exact) mass is 114 g/mol. The van der Waals surface area contributed by atoms with Crippen LogP contribution < -0.4 is 0 Å². The Morgan fingerprint density at radius 3 is 2.50 bits per heavy atom. The summed E-state index contributed by atoms with van der Waals surface area (Å²) in [5.41, 5.74) is 0. The third kappa shape index (κ3) is 1.07. The molecule has 0 aliphatic heterocycles. The van der Waals surface area contributed by atoms with Gasteiger partial charge in [-0.05, 0) is 19.3 Å². The van der Waals surface area contributed by atoms with E-state index >= 15 is 0 Å². The Balaban J connectivity index is 2.32. The quantitative estimate of drug-likeness (QED) is 0.499. The van der Waals surface area contributed by atoms with E-state index in [2.05, 4.69) is 0 Å². The number of hydrogen-bond donors (Lipinski definition) is 1. The molecule has 0 saturated heterocycles. The number of carbonyl (C=O) groups is 1. The summed E-state index contributed by atoms with van der Waals surface area (Å²) < 4.78 is 0. The van der Waals surface area contributed by atoms with Gasteiger partial charge in [-0.2, -0.15) is 0 Å². The van der Waals surface area contributed by atoms with Crippen LogP contribution in [-0.4, -0.2) is 17.5 Å². The first-order chi connectivity index (χ1) is 3.83. The highest BCUT2D eigenvalue weighted by molar-refractivity contribution is 5.53. The first-order valence-corrected chi connectivity index (χ1v) is 2.96. The van der Waals surface area contributed by atoms with Crippen LogP contribution in [0.4, 0.5) is 0 Å². The predicted molar refractivity (Wildman–Crippen MR) is 29.4 cm³/mol. The summed E-state index contributed by atoms with van der Waals surface area (Å²) in [6, 6.07) is 0. The largest absolute Gasteiger partial charge is 0.393 e. The number of carbonyl (C=O) groups excluding carboxylic acids is 1. The van der Waals surface area contributed by atoms with E-state index in [1.165, 1.54) is 0 Å². The van der Waals surface area contributed by atoms with Crippen molar-refractivity contribution in [3.8, 4) is 0 Å². The van der Waals surface area contributed by atoms with Crippen molar-refractivity contribution in [1.82, 2.24) is 0 Å². The highest BCUT2D eigenvalue weighted by atomic mass is 16.3. The number of aldehydes is 1. The molecule has 1 N–H and O–H groups in total. The summed E-state index contributed by atoms with van der Waals surface area (Å²) in [7, 11) is 0. The van der Waals surface area contributed by atoms with Crippen LogP contribution in [0.5, 0.6) is 0 Å². The Bertz CT molecular complexity index is 90.5. The van der Waals surface area contributed by atoms with Crippen LogP contribution in [0.3, 0.4) is 0 Å². The lowest BCUT2D eigenvalue weighted by Crippen LogP contribution is -2.00. The van der Waals surface area contributed by atoms with E-state index in [4.69, 9.17) is 5.11 Å². The predicted octanol–water partition coefficient (Wildman–Crippen LogP) is 0.346. The van der Waals surface area contributed by atoms with E-state index in [1.54, 1.807) is 0 Å². The molecule has 1 fully saturated rings. The number of aliphatic hydroxyl groups excluding tert-OH is 1. The van der Waals surface area contributed by atoms with E-state index in [-0.39, 0.29) is 12.0 Å². The van der Waals surface area contributed by atoms with Crippen molar-refractivity contribution < 1.29 is 9.90 Å². The summed E-state index contributed by atoms with van der Waals surface area (Å²) in [4.78, 5) is 10.0. The van der Waals surface area contributed by atoms with Crippen molar-refractivity contribution in [2.45, 2.75) is 25.4 Å². The van der Waals surface area contributed by atoms with Crippen LogP contribution in [0.2, 0.25) is 0 Å². The molecule has 0 unspecified atom stereocenters. The molecule has 0 spiro atoms. The van der Waals surface area contributed by atoms with E-state index < -0.39 is 0 Å². The first-order valence-electron chi connectivity index (χ1n) is 2.96. The Kier molecular flexibility index (Phi) is 1.63. The van der Waals surface area contributed by atoms with Gasteiger partial charge in [0.05, 0.1) is 6.10 Å². The normalized spacial score (nSPS) is 37.6. The average molecular weight is 114 g/mol. The lowest BCUT2D eigenvalue weighted by molar-refractivity contribution is -0.111. The minimum absolute atomic E-state index is 0.144. The van der Waals surface area contributed by atoms with E-state index in [0.717, 1.165) is 19.1 Å². The maximum Gasteiger partial charge on any atom is 0.123 e. The van der Waals surface area contributed by atoms with Gasteiger partial charge < -0.3 is 9.90 Å². The SMILES string of the molecule is O=C[C@@H]1CC[C@@H](O)C1. The fourth-order valence-corrected chi connectivity index (χ4v) is 1.12. The molecule has 1 saturated carbocycles. The van der Waals surface area contributed by atoms with Gasteiger partial charge in [-0.1, -0.05) is 0 Å². The van der Waals surface area contributed by atoms with Crippen molar-refractivity contribution in [3.05, 3.63) is 0 Å². The van der Waals surface area contributed by atoms with Gasteiger partial charge in [-0.15, -0.1) is 0 Å². The Morgan fingerprint density at radius 2 is 2.25 bits per heavy atom. The second kappa shape index (κ2) is 2.27. The summed E-state index contributed by atoms with van der Waals surface area (Å²) in [6.45, 7) is 0. The molecule has 2 nitrogen and oxygen atoms in total. The lowest BCUT2D eigenvalue weighted by atomic mass is 10.1. The van der Waals surface area contributed by atoms with Crippen LogP contribution >= 0.6 is 0 Å². The third-order valence-electron chi connectivity index (χ3n) is 1.64. The Morgan fingerprint density at radius 1 is 1.50 bits per heavy atom. The van der Waals surface area contributed by atoms with Crippen molar-refractivity contribution in [1.29, 1.82) is 0 Å². The van der Waals surface area contributed by atoms with Gasteiger partial charge in [0.25, 0.3) is 0 Å². The molecule has 46 valence electrons. The molecule has 0 amide bonds. The summed E-state index contributed by atoms with van der Waals surface area (Å²) in [6.07, 6.45) is 3.11. The van der Waals surface area contributed by atoms with Gasteiger partial charge in [-0.3, -0.25) is 0 Å². The minimum Gasteiger partial charge on any atom is -0.393 e. The molecule has 1 aliphatic rings. The van der Waals surface area contributed by atoms with Crippen LogP contribution in [-0.2, 0) is 4.79 Å². The van der Waals surface area contributed by atoms with Gasteiger partial charge in [-0.25, -0.2) is 0 Å².